The number of rotatable bonds is 0. The summed E-state index contributed by atoms with van der Waals surface area (Å²) in [5.41, 5.74) is 2.25. The Morgan fingerprint density at radius 1 is 1.36 bits per heavy atom. The highest BCUT2D eigenvalue weighted by Crippen LogP contribution is 2.33. The molecule has 0 saturated carbocycles. The van der Waals surface area contributed by atoms with Gasteiger partial charge in [0.2, 0.25) is 0 Å². The fraction of sp³-hybridized carbons (Fsp3) is 0.333. The molecule has 0 N–H and O–H groups in total. The van der Waals surface area contributed by atoms with Crippen LogP contribution in [-0.2, 0) is 0 Å². The number of para-hydroxylation sites is 1. The topological polar surface area (TPSA) is 14.1 Å². The molecule has 1 atom stereocenters. The Bertz CT molecular complexity index is 259. The van der Waals surface area contributed by atoms with Crippen LogP contribution in [0.25, 0.3) is 0 Å². The molecular weight excluding hydrogens is 158 g/mol. The zero-order chi connectivity index (χ0) is 7.68. The number of alkyl halides is 1. The lowest BCUT2D eigenvalue weighted by molar-refractivity contribution is 0.687. The maximum absolute atomic E-state index is 6.09. The second-order valence-electron chi connectivity index (χ2n) is 2.70. The molecular formula is C9H9ClN. The lowest BCUT2D eigenvalue weighted by Crippen LogP contribution is -2.12. The summed E-state index contributed by atoms with van der Waals surface area (Å²) in [6, 6.07) is 8.08. The van der Waals surface area contributed by atoms with Gasteiger partial charge in [0.15, 0.2) is 0 Å². The van der Waals surface area contributed by atoms with Gasteiger partial charge in [-0.25, -0.2) is 0 Å². The fourth-order valence-electron chi connectivity index (χ4n) is 1.35. The molecule has 2 heteroatoms. The van der Waals surface area contributed by atoms with Crippen LogP contribution in [0, 0.1) is 0 Å². The summed E-state index contributed by atoms with van der Waals surface area (Å²) in [4.78, 5) is 0. The summed E-state index contributed by atoms with van der Waals surface area (Å²) in [6.45, 7) is 0.866. The Labute approximate surface area is 71.4 Å². The van der Waals surface area contributed by atoms with E-state index in [-0.39, 0.29) is 5.38 Å². The molecule has 2 rings (SSSR count). The average molecular weight is 167 g/mol. The molecule has 0 spiro atoms. The summed E-state index contributed by atoms with van der Waals surface area (Å²) >= 11 is 6.09. The van der Waals surface area contributed by atoms with Gasteiger partial charge in [-0.05, 0) is 18.1 Å². The second kappa shape index (κ2) is 2.74. The van der Waals surface area contributed by atoms with Crippen molar-refractivity contribution in [3.8, 4) is 0 Å². The average Bonchev–Trinajstić information content (AvgIpc) is 2.06. The van der Waals surface area contributed by atoms with E-state index in [1.165, 1.54) is 5.56 Å². The van der Waals surface area contributed by atoms with E-state index >= 15 is 0 Å². The van der Waals surface area contributed by atoms with Crippen molar-refractivity contribution < 1.29 is 0 Å². The highest BCUT2D eigenvalue weighted by molar-refractivity contribution is 6.21. The van der Waals surface area contributed by atoms with Crippen LogP contribution in [0.15, 0.2) is 24.3 Å². The summed E-state index contributed by atoms with van der Waals surface area (Å²) in [6.07, 6.45) is 0.971. The van der Waals surface area contributed by atoms with Crippen LogP contribution in [0.1, 0.15) is 17.4 Å². The van der Waals surface area contributed by atoms with Crippen LogP contribution >= 0.6 is 11.6 Å². The highest BCUT2D eigenvalue weighted by atomic mass is 35.5. The van der Waals surface area contributed by atoms with E-state index in [0.29, 0.717) is 0 Å². The van der Waals surface area contributed by atoms with E-state index in [4.69, 9.17) is 11.6 Å². The van der Waals surface area contributed by atoms with Gasteiger partial charge in [0.25, 0.3) is 0 Å². The van der Waals surface area contributed by atoms with Gasteiger partial charge in [-0.2, -0.15) is 0 Å². The van der Waals surface area contributed by atoms with Gasteiger partial charge in [-0.3, -0.25) is 5.32 Å². The summed E-state index contributed by atoms with van der Waals surface area (Å²) < 4.78 is 0. The van der Waals surface area contributed by atoms with Crippen LogP contribution in [-0.4, -0.2) is 6.54 Å². The van der Waals surface area contributed by atoms with Crippen molar-refractivity contribution in [2.45, 2.75) is 11.8 Å². The van der Waals surface area contributed by atoms with Crippen molar-refractivity contribution >= 4 is 17.3 Å². The van der Waals surface area contributed by atoms with Gasteiger partial charge in [-0.1, -0.05) is 18.2 Å². The molecule has 0 aliphatic carbocycles. The minimum atomic E-state index is 0.170. The molecule has 1 unspecified atom stereocenters. The first kappa shape index (κ1) is 6.99. The zero-order valence-electron chi connectivity index (χ0n) is 6.13. The molecule has 0 amide bonds. The Morgan fingerprint density at radius 3 is 3.00 bits per heavy atom. The number of halogens is 1. The molecule has 1 heterocycles. The third-order valence-corrected chi connectivity index (χ3v) is 2.39. The molecule has 1 nitrogen and oxygen atoms in total. The molecule has 1 aliphatic heterocycles. The SMILES string of the molecule is ClC1CC[N]c2ccccc21. The molecule has 1 aliphatic rings. The van der Waals surface area contributed by atoms with Crippen molar-refractivity contribution in [2.75, 3.05) is 6.54 Å². The van der Waals surface area contributed by atoms with Crippen molar-refractivity contribution in [1.29, 1.82) is 0 Å². The molecule has 0 aromatic heterocycles. The number of hydrogen-bond donors (Lipinski definition) is 0. The quantitative estimate of drug-likeness (QED) is 0.526. The van der Waals surface area contributed by atoms with E-state index in [2.05, 4.69) is 11.4 Å². The van der Waals surface area contributed by atoms with Crippen LogP contribution in [0.4, 0.5) is 5.69 Å². The lowest BCUT2D eigenvalue weighted by atomic mass is 10.0. The number of fused-ring (bicyclic) bond motifs is 1. The molecule has 0 saturated heterocycles. The first-order valence-corrected chi connectivity index (χ1v) is 4.22. The molecule has 0 bridgehead atoms. The minimum absolute atomic E-state index is 0.170. The number of benzene rings is 1. The maximum atomic E-state index is 6.09. The fourth-order valence-corrected chi connectivity index (χ4v) is 1.63. The van der Waals surface area contributed by atoms with E-state index in [9.17, 15) is 0 Å². The van der Waals surface area contributed by atoms with E-state index in [1.807, 2.05) is 18.2 Å². The molecule has 1 aromatic rings. The molecule has 1 aromatic carbocycles. The third kappa shape index (κ3) is 1.21. The summed E-state index contributed by atoms with van der Waals surface area (Å²) in [7, 11) is 0. The normalized spacial score (nSPS) is 22.1. The van der Waals surface area contributed by atoms with E-state index in [0.717, 1.165) is 18.7 Å². The van der Waals surface area contributed by atoms with Gasteiger partial charge < -0.3 is 0 Å². The zero-order valence-corrected chi connectivity index (χ0v) is 6.88. The molecule has 1 radical (unpaired) electrons. The van der Waals surface area contributed by atoms with Crippen molar-refractivity contribution in [1.82, 2.24) is 5.32 Å². The Morgan fingerprint density at radius 2 is 2.18 bits per heavy atom. The van der Waals surface area contributed by atoms with Gasteiger partial charge in [0.05, 0.1) is 11.1 Å². The van der Waals surface area contributed by atoms with Crippen LogP contribution < -0.4 is 5.32 Å². The number of nitrogens with zero attached hydrogens (tertiary/aromatic N) is 1. The van der Waals surface area contributed by atoms with Crippen molar-refractivity contribution in [2.24, 2.45) is 0 Å². The summed E-state index contributed by atoms with van der Waals surface area (Å²) in [5.74, 6) is 0. The highest BCUT2D eigenvalue weighted by Gasteiger charge is 2.17. The monoisotopic (exact) mass is 166 g/mol. The number of hydrogen-bond acceptors (Lipinski definition) is 0. The largest absolute Gasteiger partial charge is 0.285 e. The first-order valence-electron chi connectivity index (χ1n) is 3.78. The minimum Gasteiger partial charge on any atom is -0.285 e. The van der Waals surface area contributed by atoms with E-state index in [1.54, 1.807) is 0 Å². The third-order valence-electron chi connectivity index (χ3n) is 1.94. The Hall–Kier alpha value is -0.690. The predicted octanol–water partition coefficient (Wildman–Crippen LogP) is 2.61. The van der Waals surface area contributed by atoms with Crippen LogP contribution in [0.2, 0.25) is 0 Å². The van der Waals surface area contributed by atoms with Gasteiger partial charge in [0.1, 0.15) is 0 Å². The lowest BCUT2D eigenvalue weighted by Gasteiger charge is -2.19. The van der Waals surface area contributed by atoms with Gasteiger partial charge >= 0.3 is 0 Å². The molecule has 11 heavy (non-hydrogen) atoms. The maximum Gasteiger partial charge on any atom is 0.0623 e. The standard InChI is InChI=1S/C9H9ClN/c10-8-5-6-11-9-4-2-1-3-7(8)9/h1-4,8H,5-6H2. The Balaban J connectivity index is 2.44. The van der Waals surface area contributed by atoms with E-state index < -0.39 is 0 Å². The molecule has 57 valence electrons. The van der Waals surface area contributed by atoms with Crippen molar-refractivity contribution in [3.63, 3.8) is 0 Å². The Kier molecular flexibility index (Phi) is 1.74. The summed E-state index contributed by atoms with van der Waals surface area (Å²) in [5, 5.41) is 4.53. The first-order chi connectivity index (χ1) is 5.38. The van der Waals surface area contributed by atoms with Crippen LogP contribution in [0.5, 0.6) is 0 Å². The molecule has 0 fully saturated rings. The smallest absolute Gasteiger partial charge is 0.0623 e. The van der Waals surface area contributed by atoms with Gasteiger partial charge in [0, 0.05) is 6.54 Å². The second-order valence-corrected chi connectivity index (χ2v) is 3.22. The van der Waals surface area contributed by atoms with Crippen LogP contribution in [0.3, 0.4) is 0 Å². The van der Waals surface area contributed by atoms with Crippen molar-refractivity contribution in [3.05, 3.63) is 29.8 Å². The predicted molar refractivity (Wildman–Crippen MR) is 46.3 cm³/mol. The van der Waals surface area contributed by atoms with Gasteiger partial charge in [-0.15, -0.1) is 11.6 Å².